The van der Waals surface area contributed by atoms with Gasteiger partial charge in [-0.25, -0.2) is 0 Å². The van der Waals surface area contributed by atoms with Crippen LogP contribution in [0.1, 0.15) is 64.2 Å². The van der Waals surface area contributed by atoms with Gasteiger partial charge in [-0.2, -0.15) is 23.5 Å². The lowest BCUT2D eigenvalue weighted by molar-refractivity contribution is -0.0334. The minimum Gasteiger partial charge on any atom is -0.380 e. The van der Waals surface area contributed by atoms with Crippen LogP contribution in [0.25, 0.3) is 0 Å². The number of hydrogen-bond donors (Lipinski definition) is 2. The number of nitrogens with one attached hydrogen (secondary N) is 2. The van der Waals surface area contributed by atoms with Crippen molar-refractivity contribution in [3.05, 3.63) is 0 Å². The normalized spacial score (nSPS) is 24.0. The van der Waals surface area contributed by atoms with Crippen molar-refractivity contribution in [2.24, 2.45) is 0 Å². The zero-order chi connectivity index (χ0) is 21.9. The molecule has 0 bridgehead atoms. The van der Waals surface area contributed by atoms with Crippen LogP contribution in [0.3, 0.4) is 0 Å². The molecular formula is C24H50N2O3S2. The van der Waals surface area contributed by atoms with Crippen LogP contribution in [-0.4, -0.2) is 88.8 Å². The van der Waals surface area contributed by atoms with Crippen LogP contribution in [0.15, 0.2) is 0 Å². The molecule has 2 N–H and O–H groups in total. The van der Waals surface area contributed by atoms with Crippen molar-refractivity contribution in [2.75, 3.05) is 88.8 Å². The monoisotopic (exact) mass is 478 g/mol. The fourth-order valence-corrected chi connectivity index (χ4v) is 5.04. The molecule has 0 atom stereocenters. The predicted molar refractivity (Wildman–Crippen MR) is 139 cm³/mol. The summed E-state index contributed by atoms with van der Waals surface area (Å²) in [5.74, 6) is 5.22. The van der Waals surface area contributed by atoms with Gasteiger partial charge in [-0.15, -0.1) is 0 Å². The van der Waals surface area contributed by atoms with Crippen LogP contribution in [0, 0.1) is 0 Å². The maximum absolute atomic E-state index is 5.05. The molecule has 0 aromatic rings. The van der Waals surface area contributed by atoms with Gasteiger partial charge < -0.3 is 24.8 Å². The second-order valence-electron chi connectivity index (χ2n) is 8.10. The highest BCUT2D eigenvalue weighted by Gasteiger charge is 1.97. The number of thioether (sulfide) groups is 2. The van der Waals surface area contributed by atoms with Crippen molar-refractivity contribution in [1.82, 2.24) is 10.6 Å². The largest absolute Gasteiger partial charge is 0.380 e. The van der Waals surface area contributed by atoms with E-state index >= 15 is 0 Å². The molecule has 0 radical (unpaired) electrons. The third-order valence-corrected chi connectivity index (χ3v) is 7.29. The van der Waals surface area contributed by atoms with E-state index in [9.17, 15) is 0 Å². The standard InChI is InChI=1S/C6H13N.C5H11N.C5H10S.C4H8O2.C4H8OS/c1-2-4-6-7-5-3-1;2*1-2-4-6-5-3-1;1-2-6-4-3-5-1;1-3-6-4-2-5-1/h7H,1-6H2;6H,1-5H2;1-5H2;2*1-4H2. The highest BCUT2D eigenvalue weighted by Crippen LogP contribution is 2.14. The Morgan fingerprint density at radius 3 is 0.935 bits per heavy atom. The third-order valence-electron chi connectivity index (χ3n) is 5.23. The maximum Gasteiger partial charge on any atom is 0.0701 e. The Balaban J connectivity index is 0.000000194. The van der Waals surface area contributed by atoms with E-state index < -0.39 is 0 Å². The molecule has 31 heavy (non-hydrogen) atoms. The topological polar surface area (TPSA) is 51.8 Å². The number of piperidine rings is 1. The molecule has 5 heterocycles. The van der Waals surface area contributed by atoms with E-state index in [4.69, 9.17) is 14.2 Å². The van der Waals surface area contributed by atoms with Gasteiger partial charge >= 0.3 is 0 Å². The SMILES string of the molecule is C1CCCNCC1.C1CCNCC1.C1CCSCC1.C1COCCO1.C1CSCCO1. The first kappa shape index (κ1) is 29.5. The van der Waals surface area contributed by atoms with Crippen molar-refractivity contribution in [3.8, 4) is 0 Å². The summed E-state index contributed by atoms with van der Waals surface area (Å²) in [6.45, 7) is 10.0. The second-order valence-corrected chi connectivity index (χ2v) is 10.5. The Hall–Kier alpha value is 0.500. The molecule has 5 aliphatic heterocycles. The minimum absolute atomic E-state index is 0.778. The van der Waals surface area contributed by atoms with Gasteiger partial charge in [0.1, 0.15) is 0 Å². The van der Waals surface area contributed by atoms with E-state index in [0.29, 0.717) is 0 Å². The molecule has 0 amide bonds. The van der Waals surface area contributed by atoms with E-state index in [0.717, 1.165) is 39.6 Å². The highest BCUT2D eigenvalue weighted by molar-refractivity contribution is 7.99. The molecule has 7 heteroatoms. The Kier molecular flexibility index (Phi) is 25.5. The van der Waals surface area contributed by atoms with Crippen molar-refractivity contribution in [3.63, 3.8) is 0 Å². The molecule has 5 aliphatic rings. The van der Waals surface area contributed by atoms with Crippen LogP contribution in [0.2, 0.25) is 0 Å². The van der Waals surface area contributed by atoms with Gasteiger partial charge in [-0.1, -0.05) is 25.7 Å². The second kappa shape index (κ2) is 26.7. The lowest BCUT2D eigenvalue weighted by Crippen LogP contribution is -2.21. The lowest BCUT2D eigenvalue weighted by Gasteiger charge is -2.09. The Bertz CT molecular complexity index is 212. The molecule has 0 aliphatic carbocycles. The van der Waals surface area contributed by atoms with E-state index in [1.807, 2.05) is 11.8 Å². The Morgan fingerprint density at radius 2 is 0.710 bits per heavy atom. The van der Waals surface area contributed by atoms with E-state index in [-0.39, 0.29) is 0 Å². The molecule has 0 aromatic heterocycles. The molecule has 5 nitrogen and oxygen atoms in total. The Labute approximate surface area is 201 Å². The summed E-state index contributed by atoms with van der Waals surface area (Å²) in [7, 11) is 0. The zero-order valence-corrected chi connectivity index (χ0v) is 21.6. The molecule has 5 fully saturated rings. The summed E-state index contributed by atoms with van der Waals surface area (Å²) in [5, 5.41) is 6.63. The van der Waals surface area contributed by atoms with Gasteiger partial charge in [0.2, 0.25) is 0 Å². The maximum atomic E-state index is 5.05. The minimum atomic E-state index is 0.778. The summed E-state index contributed by atoms with van der Waals surface area (Å²) in [5.41, 5.74) is 0. The molecule has 5 saturated heterocycles. The van der Waals surface area contributed by atoms with Gasteiger partial charge in [0.15, 0.2) is 0 Å². The first-order chi connectivity index (χ1) is 15.5. The lowest BCUT2D eigenvalue weighted by atomic mass is 10.2. The van der Waals surface area contributed by atoms with Crippen LogP contribution in [0.4, 0.5) is 0 Å². The third kappa shape index (κ3) is 25.0. The molecule has 5 rings (SSSR count). The first-order valence-electron chi connectivity index (χ1n) is 12.8. The fraction of sp³-hybridized carbons (Fsp3) is 1.00. The molecular weight excluding hydrogens is 428 g/mol. The fourth-order valence-electron chi connectivity index (χ4n) is 3.35. The summed E-state index contributed by atoms with van der Waals surface area (Å²) < 4.78 is 14.9. The van der Waals surface area contributed by atoms with Crippen LogP contribution in [-0.2, 0) is 14.2 Å². The van der Waals surface area contributed by atoms with Crippen LogP contribution < -0.4 is 10.6 Å². The van der Waals surface area contributed by atoms with Crippen molar-refractivity contribution in [1.29, 1.82) is 0 Å². The highest BCUT2D eigenvalue weighted by atomic mass is 32.2. The smallest absolute Gasteiger partial charge is 0.0701 e. The van der Waals surface area contributed by atoms with Crippen molar-refractivity contribution < 1.29 is 14.2 Å². The molecule has 0 saturated carbocycles. The molecule has 0 spiro atoms. The quantitative estimate of drug-likeness (QED) is 0.528. The van der Waals surface area contributed by atoms with E-state index in [1.165, 1.54) is 113 Å². The summed E-state index contributed by atoms with van der Waals surface area (Å²) in [4.78, 5) is 0. The van der Waals surface area contributed by atoms with Gasteiger partial charge in [-0.3, -0.25) is 0 Å². The van der Waals surface area contributed by atoms with Gasteiger partial charge in [-0.05, 0) is 76.2 Å². The molecule has 186 valence electrons. The van der Waals surface area contributed by atoms with Crippen molar-refractivity contribution in [2.45, 2.75) is 64.2 Å². The summed E-state index contributed by atoms with van der Waals surface area (Å²) in [6, 6.07) is 0. The average Bonchev–Trinajstić information content (AvgIpc) is 3.23. The predicted octanol–water partition coefficient (Wildman–Crippen LogP) is 4.60. The van der Waals surface area contributed by atoms with Gasteiger partial charge in [0, 0.05) is 11.5 Å². The first-order valence-corrected chi connectivity index (χ1v) is 15.1. The molecule has 0 unspecified atom stereocenters. The van der Waals surface area contributed by atoms with Crippen LogP contribution >= 0.6 is 23.5 Å². The van der Waals surface area contributed by atoms with Gasteiger partial charge in [0.05, 0.1) is 39.6 Å². The summed E-state index contributed by atoms with van der Waals surface area (Å²) in [6.07, 6.45) is 14.3. The molecule has 0 aromatic carbocycles. The van der Waals surface area contributed by atoms with E-state index in [2.05, 4.69) is 22.4 Å². The number of rotatable bonds is 0. The zero-order valence-electron chi connectivity index (χ0n) is 20.0. The number of ether oxygens (including phenoxy) is 3. The summed E-state index contributed by atoms with van der Waals surface area (Å²) >= 11 is 4.06. The average molecular weight is 479 g/mol. The van der Waals surface area contributed by atoms with Gasteiger partial charge in [0.25, 0.3) is 0 Å². The number of hydrogen-bond acceptors (Lipinski definition) is 7. The van der Waals surface area contributed by atoms with Crippen molar-refractivity contribution >= 4 is 23.5 Å². The van der Waals surface area contributed by atoms with Crippen LogP contribution in [0.5, 0.6) is 0 Å². The Morgan fingerprint density at radius 1 is 0.355 bits per heavy atom. The van der Waals surface area contributed by atoms with E-state index in [1.54, 1.807) is 0 Å².